The van der Waals surface area contributed by atoms with Crippen molar-refractivity contribution in [1.29, 1.82) is 0 Å². The van der Waals surface area contributed by atoms with Crippen molar-refractivity contribution >= 4 is 17.5 Å². The largest absolute Gasteiger partial charge is 0.378 e. The van der Waals surface area contributed by atoms with E-state index in [0.29, 0.717) is 29.0 Å². The van der Waals surface area contributed by atoms with Gasteiger partial charge in [-0.3, -0.25) is 9.69 Å². The molecule has 0 radical (unpaired) electrons. The molecule has 1 amide bonds. The molecule has 2 saturated carbocycles. The predicted molar refractivity (Wildman–Crippen MR) is 103 cm³/mol. The van der Waals surface area contributed by atoms with Gasteiger partial charge in [-0.25, -0.2) is 0 Å². The number of rotatable bonds is 5. The molecule has 3 aliphatic rings. The third-order valence-electron chi connectivity index (χ3n) is 6.77. The molecule has 4 rings (SSSR count). The topological polar surface area (TPSA) is 32.8 Å². The Morgan fingerprint density at radius 2 is 1.88 bits per heavy atom. The third kappa shape index (κ3) is 3.28. The molecule has 1 saturated heterocycles. The van der Waals surface area contributed by atoms with Crippen LogP contribution >= 0.6 is 11.6 Å². The quantitative estimate of drug-likeness (QED) is 0.789. The normalized spacial score (nSPS) is 27.8. The highest BCUT2D eigenvalue weighted by atomic mass is 35.5. The van der Waals surface area contributed by atoms with Gasteiger partial charge in [0.1, 0.15) is 0 Å². The molecule has 0 unspecified atom stereocenters. The first kappa shape index (κ1) is 18.3. The zero-order valence-corrected chi connectivity index (χ0v) is 16.4. The number of ether oxygens (including phenoxy) is 1. The van der Waals surface area contributed by atoms with Gasteiger partial charge in [0.2, 0.25) is 5.91 Å². The summed E-state index contributed by atoms with van der Waals surface area (Å²) in [4.78, 5) is 17.2. The Morgan fingerprint density at radius 3 is 2.46 bits per heavy atom. The van der Waals surface area contributed by atoms with E-state index < -0.39 is 0 Å². The molecular formula is C21H29ClN2O2. The lowest BCUT2D eigenvalue weighted by atomic mass is 9.50. The highest BCUT2D eigenvalue weighted by molar-refractivity contribution is 6.30. The van der Waals surface area contributed by atoms with Crippen LogP contribution in [0.1, 0.15) is 38.2 Å². The van der Waals surface area contributed by atoms with Gasteiger partial charge < -0.3 is 9.64 Å². The SMILES string of the molecule is CCO[C@@H]1C[C@H](N2CCN(C(=O)Cc3ccc(Cl)cc3)CC2)C12CCC2. The maximum atomic E-state index is 12.6. The lowest BCUT2D eigenvalue weighted by Gasteiger charge is -2.64. The number of carbonyl (C=O) groups is 1. The molecule has 4 nitrogen and oxygen atoms in total. The van der Waals surface area contributed by atoms with Crippen molar-refractivity contribution in [2.45, 2.75) is 51.2 Å². The first-order valence-corrected chi connectivity index (χ1v) is 10.4. The van der Waals surface area contributed by atoms with Crippen molar-refractivity contribution in [2.24, 2.45) is 5.41 Å². The maximum absolute atomic E-state index is 12.6. The van der Waals surface area contributed by atoms with Crippen LogP contribution in [0.4, 0.5) is 0 Å². The summed E-state index contributed by atoms with van der Waals surface area (Å²) in [5.74, 6) is 0.228. The van der Waals surface area contributed by atoms with Crippen LogP contribution < -0.4 is 0 Å². The summed E-state index contributed by atoms with van der Waals surface area (Å²) in [6.45, 7) is 6.61. The molecule has 1 heterocycles. The summed E-state index contributed by atoms with van der Waals surface area (Å²) >= 11 is 5.92. The smallest absolute Gasteiger partial charge is 0.227 e. The van der Waals surface area contributed by atoms with Gasteiger partial charge in [-0.2, -0.15) is 0 Å². The molecule has 142 valence electrons. The van der Waals surface area contributed by atoms with Crippen molar-refractivity contribution in [2.75, 3.05) is 32.8 Å². The van der Waals surface area contributed by atoms with Crippen molar-refractivity contribution in [3.05, 3.63) is 34.9 Å². The Labute approximate surface area is 161 Å². The molecule has 2 atom stereocenters. The summed E-state index contributed by atoms with van der Waals surface area (Å²) in [6.07, 6.45) is 6.09. The van der Waals surface area contributed by atoms with E-state index in [1.807, 2.05) is 29.2 Å². The average molecular weight is 377 g/mol. The Bertz CT molecular complexity index is 636. The van der Waals surface area contributed by atoms with Crippen LogP contribution in [0, 0.1) is 5.41 Å². The average Bonchev–Trinajstić information content (AvgIpc) is 2.59. The van der Waals surface area contributed by atoms with E-state index in [4.69, 9.17) is 16.3 Å². The molecule has 2 aliphatic carbocycles. The highest BCUT2D eigenvalue weighted by Gasteiger charge is 2.60. The zero-order valence-electron chi connectivity index (χ0n) is 15.6. The fourth-order valence-electron chi connectivity index (χ4n) is 5.09. The fraction of sp³-hybridized carbons (Fsp3) is 0.667. The van der Waals surface area contributed by atoms with Gasteiger partial charge in [0.25, 0.3) is 0 Å². The summed E-state index contributed by atoms with van der Waals surface area (Å²) in [5.41, 5.74) is 1.46. The van der Waals surface area contributed by atoms with Gasteiger partial charge in [0.05, 0.1) is 12.5 Å². The number of carbonyl (C=O) groups excluding carboxylic acids is 1. The molecule has 1 aliphatic heterocycles. The second kappa shape index (κ2) is 7.49. The van der Waals surface area contributed by atoms with Crippen LogP contribution in [-0.2, 0) is 16.0 Å². The Kier molecular flexibility index (Phi) is 5.27. The number of halogens is 1. The van der Waals surface area contributed by atoms with E-state index in [2.05, 4.69) is 11.8 Å². The third-order valence-corrected chi connectivity index (χ3v) is 7.02. The van der Waals surface area contributed by atoms with Crippen LogP contribution in [0.25, 0.3) is 0 Å². The van der Waals surface area contributed by atoms with Crippen molar-refractivity contribution < 1.29 is 9.53 Å². The van der Waals surface area contributed by atoms with Crippen LogP contribution in [0.5, 0.6) is 0 Å². The number of piperazine rings is 1. The van der Waals surface area contributed by atoms with Crippen molar-refractivity contribution in [3.63, 3.8) is 0 Å². The minimum atomic E-state index is 0.228. The highest BCUT2D eigenvalue weighted by Crippen LogP contribution is 2.59. The van der Waals surface area contributed by atoms with Gasteiger partial charge >= 0.3 is 0 Å². The Morgan fingerprint density at radius 1 is 1.19 bits per heavy atom. The van der Waals surface area contributed by atoms with Gasteiger partial charge in [0.15, 0.2) is 0 Å². The number of amides is 1. The van der Waals surface area contributed by atoms with E-state index in [1.54, 1.807) is 0 Å². The number of nitrogens with zero attached hydrogens (tertiary/aromatic N) is 2. The Hall–Kier alpha value is -1.10. The van der Waals surface area contributed by atoms with Gasteiger partial charge in [-0.15, -0.1) is 0 Å². The first-order chi connectivity index (χ1) is 12.6. The van der Waals surface area contributed by atoms with E-state index in [0.717, 1.165) is 38.3 Å². The van der Waals surface area contributed by atoms with Gasteiger partial charge in [-0.1, -0.05) is 30.2 Å². The first-order valence-electron chi connectivity index (χ1n) is 10.0. The van der Waals surface area contributed by atoms with Crippen LogP contribution in [0.3, 0.4) is 0 Å². The molecule has 1 spiro atoms. The number of hydrogen-bond donors (Lipinski definition) is 0. The molecule has 3 fully saturated rings. The molecule has 0 N–H and O–H groups in total. The fourth-order valence-corrected chi connectivity index (χ4v) is 5.21. The van der Waals surface area contributed by atoms with Gasteiger partial charge in [0, 0.05) is 49.3 Å². The van der Waals surface area contributed by atoms with E-state index >= 15 is 0 Å². The standard InChI is InChI=1S/C21H29ClN2O2/c1-2-26-19-15-18(21(19)8-3-9-21)23-10-12-24(13-11-23)20(25)14-16-4-6-17(22)7-5-16/h4-7,18-19H,2-3,8-15H2,1H3/t18-,19+/m0/s1. The second-order valence-corrected chi connectivity index (χ2v) is 8.44. The number of benzene rings is 1. The monoisotopic (exact) mass is 376 g/mol. The summed E-state index contributed by atoms with van der Waals surface area (Å²) < 4.78 is 5.99. The van der Waals surface area contributed by atoms with Crippen molar-refractivity contribution in [3.8, 4) is 0 Å². The molecule has 5 heteroatoms. The molecule has 0 bridgehead atoms. The van der Waals surface area contributed by atoms with Crippen LogP contribution in [0.15, 0.2) is 24.3 Å². The van der Waals surface area contributed by atoms with Crippen LogP contribution in [0.2, 0.25) is 5.02 Å². The molecule has 0 aromatic heterocycles. The van der Waals surface area contributed by atoms with E-state index in [9.17, 15) is 4.79 Å². The summed E-state index contributed by atoms with van der Waals surface area (Å²) in [6, 6.07) is 8.26. The summed E-state index contributed by atoms with van der Waals surface area (Å²) in [5, 5.41) is 0.714. The Balaban J connectivity index is 1.29. The molecule has 1 aromatic carbocycles. The minimum Gasteiger partial charge on any atom is -0.378 e. The van der Waals surface area contributed by atoms with Gasteiger partial charge in [-0.05, 0) is 43.9 Å². The predicted octanol–water partition coefficient (Wildman–Crippen LogP) is 3.37. The summed E-state index contributed by atoms with van der Waals surface area (Å²) in [7, 11) is 0. The zero-order chi connectivity index (χ0) is 18.1. The van der Waals surface area contributed by atoms with E-state index in [-0.39, 0.29) is 5.91 Å². The van der Waals surface area contributed by atoms with Crippen molar-refractivity contribution in [1.82, 2.24) is 9.80 Å². The molecular weight excluding hydrogens is 348 g/mol. The lowest BCUT2D eigenvalue weighted by molar-refractivity contribution is -0.207. The minimum absolute atomic E-state index is 0.228. The van der Waals surface area contributed by atoms with E-state index in [1.165, 1.54) is 25.7 Å². The van der Waals surface area contributed by atoms with Crippen LogP contribution in [-0.4, -0.2) is 60.6 Å². The second-order valence-electron chi connectivity index (χ2n) is 8.00. The molecule has 26 heavy (non-hydrogen) atoms. The molecule has 1 aromatic rings. The maximum Gasteiger partial charge on any atom is 0.227 e. The number of hydrogen-bond acceptors (Lipinski definition) is 3. The lowest BCUT2D eigenvalue weighted by Crippen LogP contribution is -2.69.